The molecule has 0 saturated carbocycles. The number of ether oxygens (including phenoxy) is 3. The normalized spacial score (nSPS) is 12.3. The Morgan fingerprint density at radius 1 is 1.06 bits per heavy atom. The van der Waals surface area contributed by atoms with Gasteiger partial charge in [0.05, 0.1) is 26.1 Å². The first-order chi connectivity index (χ1) is 15.5. The second-order valence-electron chi connectivity index (χ2n) is 7.12. The lowest BCUT2D eigenvalue weighted by atomic mass is 10.1. The Kier molecular flexibility index (Phi) is 7.53. The molecule has 0 saturated heterocycles. The highest BCUT2D eigenvalue weighted by Crippen LogP contribution is 2.30. The summed E-state index contributed by atoms with van der Waals surface area (Å²) < 4.78 is 18.3. The number of aromatic nitrogens is 2. The van der Waals surface area contributed by atoms with Crippen LogP contribution in [0.3, 0.4) is 0 Å². The molecule has 0 aliphatic carbocycles. The van der Waals surface area contributed by atoms with Crippen molar-refractivity contribution in [2.75, 3.05) is 19.5 Å². The van der Waals surface area contributed by atoms with Crippen LogP contribution < -0.4 is 14.8 Å². The van der Waals surface area contributed by atoms with E-state index in [1.807, 2.05) is 44.2 Å². The van der Waals surface area contributed by atoms with E-state index in [-0.39, 0.29) is 5.91 Å². The molecule has 7 heteroatoms. The van der Waals surface area contributed by atoms with Gasteiger partial charge in [-0.1, -0.05) is 35.7 Å². The number of rotatable bonds is 8. The SMILES string of the molecule is CC#CC(C)OC(C(=O)Nc1ccnn1-c1ccc(OC)c(OC)c1)c1ccc(C)cc1. The Morgan fingerprint density at radius 2 is 1.78 bits per heavy atom. The van der Waals surface area contributed by atoms with Gasteiger partial charge in [0.2, 0.25) is 0 Å². The number of nitrogens with zero attached hydrogens (tertiary/aromatic N) is 2. The summed E-state index contributed by atoms with van der Waals surface area (Å²) in [6.45, 7) is 5.55. The van der Waals surface area contributed by atoms with Gasteiger partial charge in [-0.15, -0.1) is 5.92 Å². The van der Waals surface area contributed by atoms with Crippen molar-refractivity contribution in [3.63, 3.8) is 0 Å². The van der Waals surface area contributed by atoms with Gasteiger partial charge in [-0.3, -0.25) is 4.79 Å². The molecule has 166 valence electrons. The van der Waals surface area contributed by atoms with E-state index in [4.69, 9.17) is 14.2 Å². The van der Waals surface area contributed by atoms with Crippen molar-refractivity contribution in [1.29, 1.82) is 0 Å². The molecule has 3 rings (SSSR count). The van der Waals surface area contributed by atoms with Crippen LogP contribution in [0.15, 0.2) is 54.7 Å². The highest BCUT2D eigenvalue weighted by atomic mass is 16.5. The van der Waals surface area contributed by atoms with Gasteiger partial charge in [0.25, 0.3) is 5.91 Å². The summed E-state index contributed by atoms with van der Waals surface area (Å²) in [7, 11) is 3.14. The predicted molar refractivity (Wildman–Crippen MR) is 123 cm³/mol. The molecule has 7 nitrogen and oxygen atoms in total. The van der Waals surface area contributed by atoms with Crippen LogP contribution in [0, 0.1) is 18.8 Å². The predicted octanol–water partition coefficient (Wildman–Crippen LogP) is 4.31. The molecule has 2 atom stereocenters. The number of aryl methyl sites for hydroxylation is 1. The Hall–Kier alpha value is -3.76. The lowest BCUT2D eigenvalue weighted by molar-refractivity contribution is -0.129. The number of anilines is 1. The molecule has 0 fully saturated rings. The molecule has 32 heavy (non-hydrogen) atoms. The maximum absolute atomic E-state index is 13.3. The maximum Gasteiger partial charge on any atom is 0.259 e. The number of carbonyl (C=O) groups excluding carboxylic acids is 1. The van der Waals surface area contributed by atoms with Crippen LogP contribution in [0.2, 0.25) is 0 Å². The van der Waals surface area contributed by atoms with E-state index in [0.717, 1.165) is 11.1 Å². The van der Waals surface area contributed by atoms with Crippen molar-refractivity contribution in [3.8, 4) is 29.0 Å². The first-order valence-electron chi connectivity index (χ1n) is 10.2. The van der Waals surface area contributed by atoms with Crippen molar-refractivity contribution in [1.82, 2.24) is 9.78 Å². The van der Waals surface area contributed by atoms with Gasteiger partial charge in [-0.2, -0.15) is 5.10 Å². The van der Waals surface area contributed by atoms with Crippen LogP contribution in [0.1, 0.15) is 31.1 Å². The molecule has 2 unspecified atom stereocenters. The number of hydrogen-bond acceptors (Lipinski definition) is 5. The molecule has 2 aromatic carbocycles. The number of methoxy groups -OCH3 is 2. The molecule has 0 aliphatic heterocycles. The molecular weight excluding hydrogens is 406 g/mol. The second kappa shape index (κ2) is 10.5. The Labute approximate surface area is 188 Å². The van der Waals surface area contributed by atoms with Gasteiger partial charge < -0.3 is 19.5 Å². The molecule has 0 radical (unpaired) electrons. The summed E-state index contributed by atoms with van der Waals surface area (Å²) in [5, 5.41) is 7.28. The zero-order chi connectivity index (χ0) is 23.1. The topological polar surface area (TPSA) is 74.6 Å². The molecule has 1 aromatic heterocycles. The summed E-state index contributed by atoms with van der Waals surface area (Å²) in [4.78, 5) is 13.3. The smallest absolute Gasteiger partial charge is 0.259 e. The number of carbonyl (C=O) groups is 1. The number of benzene rings is 2. The molecular formula is C25H27N3O4. The zero-order valence-electron chi connectivity index (χ0n) is 18.9. The molecule has 3 aromatic rings. The number of amides is 1. The molecule has 1 heterocycles. The molecule has 1 amide bonds. The summed E-state index contributed by atoms with van der Waals surface area (Å²) >= 11 is 0. The second-order valence-corrected chi connectivity index (χ2v) is 7.12. The van der Waals surface area contributed by atoms with Gasteiger partial charge in [0.15, 0.2) is 17.6 Å². The van der Waals surface area contributed by atoms with Crippen LogP contribution in [-0.4, -0.2) is 36.0 Å². The Morgan fingerprint density at radius 3 is 2.44 bits per heavy atom. The number of nitrogens with one attached hydrogen (secondary N) is 1. The first kappa shape index (κ1) is 22.9. The average Bonchev–Trinajstić information content (AvgIpc) is 3.25. The van der Waals surface area contributed by atoms with Gasteiger partial charge in [-0.05, 0) is 38.5 Å². The van der Waals surface area contributed by atoms with E-state index in [0.29, 0.717) is 23.0 Å². The monoisotopic (exact) mass is 433 g/mol. The Bertz CT molecular complexity index is 1130. The minimum atomic E-state index is -0.833. The lowest BCUT2D eigenvalue weighted by Crippen LogP contribution is -2.27. The van der Waals surface area contributed by atoms with Gasteiger partial charge >= 0.3 is 0 Å². The van der Waals surface area contributed by atoms with Crippen LogP contribution in [-0.2, 0) is 9.53 Å². The summed E-state index contributed by atoms with van der Waals surface area (Å²) in [5.41, 5.74) is 2.55. The Balaban J connectivity index is 1.89. The van der Waals surface area contributed by atoms with E-state index in [2.05, 4.69) is 22.3 Å². The van der Waals surface area contributed by atoms with E-state index in [1.54, 1.807) is 50.2 Å². The largest absolute Gasteiger partial charge is 0.493 e. The first-order valence-corrected chi connectivity index (χ1v) is 10.2. The van der Waals surface area contributed by atoms with E-state index >= 15 is 0 Å². The van der Waals surface area contributed by atoms with E-state index < -0.39 is 12.2 Å². The number of hydrogen-bond donors (Lipinski definition) is 1. The third-order valence-corrected chi connectivity index (χ3v) is 4.81. The fraction of sp³-hybridized carbons (Fsp3) is 0.280. The minimum Gasteiger partial charge on any atom is -0.493 e. The van der Waals surface area contributed by atoms with Crippen molar-refractivity contribution >= 4 is 11.7 Å². The van der Waals surface area contributed by atoms with Crippen molar-refractivity contribution < 1.29 is 19.0 Å². The van der Waals surface area contributed by atoms with E-state index in [9.17, 15) is 4.79 Å². The van der Waals surface area contributed by atoms with Gasteiger partial charge in [0, 0.05) is 12.1 Å². The minimum absolute atomic E-state index is 0.319. The van der Waals surface area contributed by atoms with Crippen molar-refractivity contribution in [2.45, 2.75) is 33.0 Å². The maximum atomic E-state index is 13.3. The van der Waals surface area contributed by atoms with E-state index in [1.165, 1.54) is 0 Å². The van der Waals surface area contributed by atoms with Crippen LogP contribution >= 0.6 is 0 Å². The summed E-state index contributed by atoms with van der Waals surface area (Å²) in [6, 6.07) is 14.8. The van der Waals surface area contributed by atoms with Crippen LogP contribution in [0.5, 0.6) is 11.5 Å². The van der Waals surface area contributed by atoms with Gasteiger partial charge in [-0.25, -0.2) is 4.68 Å². The quantitative estimate of drug-likeness (QED) is 0.536. The van der Waals surface area contributed by atoms with Gasteiger partial charge in [0.1, 0.15) is 11.9 Å². The molecule has 0 spiro atoms. The third-order valence-electron chi connectivity index (χ3n) is 4.81. The molecule has 1 N–H and O–H groups in total. The fourth-order valence-electron chi connectivity index (χ4n) is 3.23. The lowest BCUT2D eigenvalue weighted by Gasteiger charge is -2.20. The average molecular weight is 434 g/mol. The van der Waals surface area contributed by atoms with Crippen LogP contribution in [0.25, 0.3) is 5.69 Å². The molecule has 0 bridgehead atoms. The zero-order valence-corrected chi connectivity index (χ0v) is 18.9. The molecule has 0 aliphatic rings. The third kappa shape index (κ3) is 5.29. The highest BCUT2D eigenvalue weighted by molar-refractivity contribution is 5.94. The summed E-state index contributed by atoms with van der Waals surface area (Å²) in [5.74, 6) is 7.11. The highest BCUT2D eigenvalue weighted by Gasteiger charge is 2.25. The van der Waals surface area contributed by atoms with Crippen molar-refractivity contribution in [3.05, 3.63) is 65.9 Å². The standard InChI is InChI=1S/C25H27N3O4/c1-6-7-18(3)32-24(19-10-8-17(2)9-11-19)25(29)27-23-14-15-26-28(23)20-12-13-21(30-4)22(16-20)31-5/h8-16,18,24H,1-5H3,(H,27,29). The summed E-state index contributed by atoms with van der Waals surface area (Å²) in [6.07, 6.45) is 0.368. The fourth-order valence-corrected chi connectivity index (χ4v) is 3.23. The van der Waals surface area contributed by atoms with Crippen LogP contribution in [0.4, 0.5) is 5.82 Å². The van der Waals surface area contributed by atoms with Crippen molar-refractivity contribution in [2.24, 2.45) is 0 Å².